The number of nitrogens with one attached hydrogen (secondary N) is 2. The van der Waals surface area contributed by atoms with Gasteiger partial charge in [0.25, 0.3) is 5.91 Å². The molecule has 0 aliphatic carbocycles. The van der Waals surface area contributed by atoms with E-state index in [0.29, 0.717) is 5.75 Å². The maximum atomic E-state index is 12.1. The molecule has 1 aliphatic rings. The van der Waals surface area contributed by atoms with Crippen LogP contribution in [-0.2, 0) is 16.1 Å². The smallest absolute Gasteiger partial charge is 0.258 e. The maximum Gasteiger partial charge on any atom is 0.258 e. The minimum absolute atomic E-state index is 0.0355. The fourth-order valence-electron chi connectivity index (χ4n) is 3.11. The first-order valence-electron chi connectivity index (χ1n) is 9.19. The van der Waals surface area contributed by atoms with E-state index in [-0.39, 0.29) is 31.0 Å². The van der Waals surface area contributed by atoms with Crippen LogP contribution < -0.4 is 15.4 Å². The second-order valence-corrected chi connectivity index (χ2v) is 6.65. The summed E-state index contributed by atoms with van der Waals surface area (Å²) in [4.78, 5) is 26.2. The van der Waals surface area contributed by atoms with E-state index >= 15 is 0 Å². The van der Waals surface area contributed by atoms with Gasteiger partial charge in [0.15, 0.2) is 6.61 Å². The minimum atomic E-state index is -0.314. The number of carbonyl (C=O) groups is 2. The Balaban J connectivity index is 1.32. The van der Waals surface area contributed by atoms with Crippen molar-refractivity contribution in [2.75, 3.05) is 26.2 Å². The summed E-state index contributed by atoms with van der Waals surface area (Å²) in [6.45, 7) is 2.53. The molecule has 1 saturated heterocycles. The lowest BCUT2D eigenvalue weighted by Crippen LogP contribution is -2.43. The number of para-hydroxylation sites is 1. The van der Waals surface area contributed by atoms with Crippen molar-refractivity contribution in [3.8, 4) is 5.75 Å². The van der Waals surface area contributed by atoms with Gasteiger partial charge in [0.1, 0.15) is 5.75 Å². The van der Waals surface area contributed by atoms with Gasteiger partial charge in [-0.3, -0.25) is 14.5 Å². The molecule has 2 aromatic carbocycles. The topological polar surface area (TPSA) is 70.7 Å². The van der Waals surface area contributed by atoms with Crippen molar-refractivity contribution in [2.45, 2.75) is 19.0 Å². The highest BCUT2D eigenvalue weighted by atomic mass is 16.5. The number of likely N-dealkylation sites (tertiary alicyclic amines) is 1. The summed E-state index contributed by atoms with van der Waals surface area (Å²) < 4.78 is 5.35. The third-order valence-corrected chi connectivity index (χ3v) is 4.45. The third-order valence-electron chi connectivity index (χ3n) is 4.45. The number of benzene rings is 2. The molecule has 3 rings (SSSR count). The average molecular weight is 367 g/mol. The molecule has 0 spiro atoms. The van der Waals surface area contributed by atoms with Gasteiger partial charge in [-0.25, -0.2) is 0 Å². The van der Waals surface area contributed by atoms with Crippen LogP contribution in [0.4, 0.5) is 0 Å². The molecule has 1 unspecified atom stereocenters. The Morgan fingerprint density at radius 1 is 1.00 bits per heavy atom. The standard InChI is InChI=1S/C21H25N3O3/c25-20(13-22-21(26)16-27-19-9-5-2-6-10-19)23-18-11-12-24(15-18)14-17-7-3-1-4-8-17/h1-10,18H,11-16H2,(H,22,26)(H,23,25). The Hall–Kier alpha value is -2.86. The van der Waals surface area contributed by atoms with Crippen LogP contribution in [0.25, 0.3) is 0 Å². The zero-order valence-electron chi connectivity index (χ0n) is 15.3. The van der Waals surface area contributed by atoms with E-state index < -0.39 is 0 Å². The van der Waals surface area contributed by atoms with E-state index in [1.54, 1.807) is 12.1 Å². The molecule has 6 heteroatoms. The number of carbonyl (C=O) groups excluding carboxylic acids is 2. The molecule has 2 N–H and O–H groups in total. The van der Waals surface area contributed by atoms with E-state index in [2.05, 4.69) is 27.7 Å². The van der Waals surface area contributed by atoms with E-state index in [0.717, 1.165) is 26.1 Å². The molecule has 0 aromatic heterocycles. The summed E-state index contributed by atoms with van der Waals surface area (Å²) in [7, 11) is 0. The Morgan fingerprint density at radius 3 is 2.44 bits per heavy atom. The van der Waals surface area contributed by atoms with Crippen LogP contribution in [0.1, 0.15) is 12.0 Å². The maximum absolute atomic E-state index is 12.1. The lowest BCUT2D eigenvalue weighted by atomic mass is 10.2. The fourth-order valence-corrected chi connectivity index (χ4v) is 3.11. The number of amides is 2. The van der Waals surface area contributed by atoms with Gasteiger partial charge in [0, 0.05) is 25.7 Å². The Bertz CT molecular complexity index is 737. The van der Waals surface area contributed by atoms with Crippen molar-refractivity contribution in [1.82, 2.24) is 15.5 Å². The first-order valence-corrected chi connectivity index (χ1v) is 9.19. The van der Waals surface area contributed by atoms with E-state index in [4.69, 9.17) is 4.74 Å². The van der Waals surface area contributed by atoms with Gasteiger partial charge in [-0.1, -0.05) is 48.5 Å². The molecule has 27 heavy (non-hydrogen) atoms. The summed E-state index contributed by atoms with van der Waals surface area (Å²) in [5, 5.41) is 5.58. The van der Waals surface area contributed by atoms with Crippen molar-refractivity contribution >= 4 is 11.8 Å². The van der Waals surface area contributed by atoms with Crippen LogP contribution in [0, 0.1) is 0 Å². The second kappa shape index (κ2) is 9.73. The summed E-state index contributed by atoms with van der Waals surface area (Å²) in [5.74, 6) is 0.141. The predicted molar refractivity (Wildman–Crippen MR) is 103 cm³/mol. The van der Waals surface area contributed by atoms with Gasteiger partial charge in [-0.05, 0) is 24.1 Å². The first kappa shape index (κ1) is 18.9. The predicted octanol–water partition coefficient (Wildman–Crippen LogP) is 1.57. The van der Waals surface area contributed by atoms with Gasteiger partial charge in [-0.15, -0.1) is 0 Å². The summed E-state index contributed by atoms with van der Waals surface area (Å²) in [5.41, 5.74) is 1.27. The zero-order chi connectivity index (χ0) is 18.9. The third kappa shape index (κ3) is 6.42. The first-order chi connectivity index (χ1) is 13.2. The van der Waals surface area contributed by atoms with E-state index in [1.807, 2.05) is 36.4 Å². The quantitative estimate of drug-likeness (QED) is 0.743. The number of rotatable bonds is 8. The highest BCUT2D eigenvalue weighted by Gasteiger charge is 2.23. The summed E-state index contributed by atoms with van der Waals surface area (Å²) >= 11 is 0. The highest BCUT2D eigenvalue weighted by molar-refractivity contribution is 5.85. The van der Waals surface area contributed by atoms with Crippen LogP contribution >= 0.6 is 0 Å². The molecule has 1 heterocycles. The summed E-state index contributed by atoms with van der Waals surface area (Å²) in [6.07, 6.45) is 0.920. The van der Waals surface area contributed by atoms with Gasteiger partial charge in [0.05, 0.1) is 6.54 Å². The number of nitrogens with zero attached hydrogens (tertiary/aromatic N) is 1. The second-order valence-electron chi connectivity index (χ2n) is 6.65. The molecule has 0 saturated carbocycles. The Labute approximate surface area is 159 Å². The van der Waals surface area contributed by atoms with Gasteiger partial charge >= 0.3 is 0 Å². The Morgan fingerprint density at radius 2 is 1.70 bits per heavy atom. The normalized spacial score (nSPS) is 16.7. The van der Waals surface area contributed by atoms with Crippen LogP contribution in [0.3, 0.4) is 0 Å². The van der Waals surface area contributed by atoms with Gasteiger partial charge in [-0.2, -0.15) is 0 Å². The molecule has 2 aromatic rings. The molecule has 142 valence electrons. The van der Waals surface area contributed by atoms with Crippen molar-refractivity contribution in [3.63, 3.8) is 0 Å². The van der Waals surface area contributed by atoms with Gasteiger partial charge < -0.3 is 15.4 Å². The number of ether oxygens (including phenoxy) is 1. The molecule has 0 bridgehead atoms. The molecule has 1 fully saturated rings. The minimum Gasteiger partial charge on any atom is -0.484 e. The summed E-state index contributed by atoms with van der Waals surface area (Å²) in [6, 6.07) is 19.5. The molecule has 1 atom stereocenters. The molecular formula is C21H25N3O3. The van der Waals surface area contributed by atoms with Crippen molar-refractivity contribution in [1.29, 1.82) is 0 Å². The fraction of sp³-hybridized carbons (Fsp3) is 0.333. The zero-order valence-corrected chi connectivity index (χ0v) is 15.3. The van der Waals surface area contributed by atoms with E-state index in [9.17, 15) is 9.59 Å². The molecule has 6 nitrogen and oxygen atoms in total. The largest absolute Gasteiger partial charge is 0.484 e. The highest BCUT2D eigenvalue weighted by Crippen LogP contribution is 2.13. The van der Waals surface area contributed by atoms with Crippen molar-refractivity contribution in [2.24, 2.45) is 0 Å². The molecule has 2 amide bonds. The molecular weight excluding hydrogens is 342 g/mol. The average Bonchev–Trinajstić information content (AvgIpc) is 3.13. The molecule has 1 aliphatic heterocycles. The van der Waals surface area contributed by atoms with Crippen LogP contribution in [0.15, 0.2) is 60.7 Å². The monoisotopic (exact) mass is 367 g/mol. The van der Waals surface area contributed by atoms with Crippen LogP contribution in [0.5, 0.6) is 5.75 Å². The SMILES string of the molecule is O=C(COc1ccccc1)NCC(=O)NC1CCN(Cc2ccccc2)C1. The number of hydrogen-bond acceptors (Lipinski definition) is 4. The van der Waals surface area contributed by atoms with Crippen molar-refractivity contribution < 1.29 is 14.3 Å². The van der Waals surface area contributed by atoms with Crippen LogP contribution in [-0.4, -0.2) is 49.0 Å². The van der Waals surface area contributed by atoms with E-state index in [1.165, 1.54) is 5.56 Å². The molecule has 0 radical (unpaired) electrons. The number of hydrogen-bond donors (Lipinski definition) is 2. The van der Waals surface area contributed by atoms with Crippen LogP contribution in [0.2, 0.25) is 0 Å². The lowest BCUT2D eigenvalue weighted by Gasteiger charge is -2.17. The lowest BCUT2D eigenvalue weighted by molar-refractivity contribution is -0.127. The van der Waals surface area contributed by atoms with Crippen molar-refractivity contribution in [3.05, 3.63) is 66.2 Å². The Kier molecular flexibility index (Phi) is 6.82. The van der Waals surface area contributed by atoms with Gasteiger partial charge in [0.2, 0.25) is 5.91 Å².